The summed E-state index contributed by atoms with van der Waals surface area (Å²) in [7, 11) is -1.83. The Morgan fingerprint density at radius 3 is 2.38 bits per heavy atom. The third-order valence-corrected chi connectivity index (χ3v) is 8.25. The summed E-state index contributed by atoms with van der Waals surface area (Å²) in [5.41, 5.74) is 0.527. The number of likely N-dealkylation sites (N-methyl/N-ethyl adjacent to an activating group) is 1. The number of benzene rings is 3. The van der Waals surface area contributed by atoms with Crippen LogP contribution >= 0.6 is 11.6 Å². The van der Waals surface area contributed by atoms with E-state index < -0.39 is 49.9 Å². The molecular weight excluding hydrogens is 560 g/mol. The number of aryl methyl sites for hydroxylation is 1. The number of carbonyl (C=O) groups is 2. The Hall–Kier alpha value is -4.16. The van der Waals surface area contributed by atoms with E-state index in [1.807, 2.05) is 0 Å². The second kappa shape index (κ2) is 12.8. The third kappa shape index (κ3) is 6.69. The van der Waals surface area contributed by atoms with Gasteiger partial charge < -0.3 is 15.0 Å². The van der Waals surface area contributed by atoms with Crippen LogP contribution in [0.4, 0.5) is 11.4 Å². The molecule has 1 unspecified atom stereocenters. The molecule has 0 spiro atoms. The molecule has 1 N–H and O–H groups in total. The van der Waals surface area contributed by atoms with Gasteiger partial charge in [-0.05, 0) is 43.7 Å². The van der Waals surface area contributed by atoms with Crippen LogP contribution < -0.4 is 14.4 Å². The van der Waals surface area contributed by atoms with Crippen LogP contribution in [0.3, 0.4) is 0 Å². The van der Waals surface area contributed by atoms with Gasteiger partial charge in [-0.2, -0.15) is 0 Å². The number of nitro benzene ring substituents is 1. The first-order valence-electron chi connectivity index (χ1n) is 12.1. The van der Waals surface area contributed by atoms with Crippen LogP contribution in [-0.2, 0) is 26.2 Å². The first-order chi connectivity index (χ1) is 18.9. The largest absolute Gasteiger partial charge is 0.495 e. The van der Waals surface area contributed by atoms with Crippen LogP contribution in [0, 0.1) is 17.0 Å². The summed E-state index contributed by atoms with van der Waals surface area (Å²) < 4.78 is 34.2. The summed E-state index contributed by atoms with van der Waals surface area (Å²) in [4.78, 5) is 38.1. The highest BCUT2D eigenvalue weighted by atomic mass is 35.5. The van der Waals surface area contributed by atoms with Gasteiger partial charge in [0.1, 0.15) is 18.3 Å². The molecule has 0 bridgehead atoms. The number of hydrogen-bond acceptors (Lipinski definition) is 7. The molecule has 3 rings (SSSR count). The zero-order valence-corrected chi connectivity index (χ0v) is 23.9. The molecule has 3 aromatic rings. The zero-order chi connectivity index (χ0) is 29.6. The van der Waals surface area contributed by atoms with Crippen molar-refractivity contribution in [3.63, 3.8) is 0 Å². The van der Waals surface area contributed by atoms with Crippen molar-refractivity contribution >= 4 is 44.8 Å². The van der Waals surface area contributed by atoms with Crippen LogP contribution in [0.15, 0.2) is 71.6 Å². The molecule has 0 aliphatic carbocycles. The monoisotopic (exact) mass is 588 g/mol. The second-order valence-electron chi connectivity index (χ2n) is 8.83. The summed E-state index contributed by atoms with van der Waals surface area (Å²) >= 11 is 6.20. The molecule has 0 radical (unpaired) electrons. The fourth-order valence-electron chi connectivity index (χ4n) is 4.02. The van der Waals surface area contributed by atoms with Gasteiger partial charge in [-0.1, -0.05) is 48.0 Å². The lowest BCUT2D eigenvalue weighted by atomic mass is 10.1. The molecule has 0 aromatic heterocycles. The fraction of sp³-hybridized carbons (Fsp3) is 0.259. The van der Waals surface area contributed by atoms with Gasteiger partial charge in [0.15, 0.2) is 0 Å². The summed E-state index contributed by atoms with van der Waals surface area (Å²) in [6, 6.07) is 15.7. The van der Waals surface area contributed by atoms with Gasteiger partial charge >= 0.3 is 0 Å². The highest BCUT2D eigenvalue weighted by molar-refractivity contribution is 7.92. The maximum absolute atomic E-state index is 14.0. The molecular formula is C27H29ClN4O7S. The smallest absolute Gasteiger partial charge is 0.273 e. The zero-order valence-electron chi connectivity index (χ0n) is 22.3. The normalized spacial score (nSPS) is 11.8. The molecule has 0 saturated carbocycles. The molecule has 40 heavy (non-hydrogen) atoms. The van der Waals surface area contributed by atoms with Gasteiger partial charge in [0.25, 0.3) is 15.7 Å². The van der Waals surface area contributed by atoms with Gasteiger partial charge in [0.2, 0.25) is 11.8 Å². The highest BCUT2D eigenvalue weighted by Gasteiger charge is 2.34. The number of sulfonamides is 1. The van der Waals surface area contributed by atoms with E-state index in [0.717, 1.165) is 15.9 Å². The second-order valence-corrected chi connectivity index (χ2v) is 11.1. The highest BCUT2D eigenvalue weighted by Crippen LogP contribution is 2.36. The van der Waals surface area contributed by atoms with Gasteiger partial charge in [-0.15, -0.1) is 0 Å². The van der Waals surface area contributed by atoms with Crippen molar-refractivity contribution in [2.24, 2.45) is 0 Å². The van der Waals surface area contributed by atoms with E-state index in [2.05, 4.69) is 5.32 Å². The van der Waals surface area contributed by atoms with E-state index in [1.165, 1.54) is 63.2 Å². The van der Waals surface area contributed by atoms with Crippen molar-refractivity contribution in [1.82, 2.24) is 10.2 Å². The molecule has 1 atom stereocenters. The minimum Gasteiger partial charge on any atom is -0.495 e. The van der Waals surface area contributed by atoms with E-state index in [4.69, 9.17) is 16.3 Å². The number of nitro groups is 1. The number of hydrogen-bond donors (Lipinski definition) is 1. The molecule has 0 aliphatic heterocycles. The molecule has 212 valence electrons. The third-order valence-electron chi connectivity index (χ3n) is 6.26. The van der Waals surface area contributed by atoms with E-state index in [1.54, 1.807) is 30.3 Å². The molecule has 0 heterocycles. The number of anilines is 1. The summed E-state index contributed by atoms with van der Waals surface area (Å²) in [6.07, 6.45) is 0. The predicted molar refractivity (Wildman–Crippen MR) is 151 cm³/mol. The number of rotatable bonds is 11. The minimum atomic E-state index is -4.59. The molecule has 0 fully saturated rings. The summed E-state index contributed by atoms with van der Waals surface area (Å²) in [6.45, 7) is 2.28. The van der Waals surface area contributed by atoms with E-state index in [-0.39, 0.29) is 28.6 Å². The van der Waals surface area contributed by atoms with Gasteiger partial charge in [-0.3, -0.25) is 24.0 Å². The Balaban J connectivity index is 2.16. The molecule has 11 nitrogen and oxygen atoms in total. The number of nitrogens with one attached hydrogen (secondary N) is 1. The van der Waals surface area contributed by atoms with Crippen molar-refractivity contribution in [2.45, 2.75) is 31.3 Å². The minimum absolute atomic E-state index is 0.0187. The van der Waals surface area contributed by atoms with Crippen LogP contribution in [-0.4, -0.2) is 56.8 Å². The van der Waals surface area contributed by atoms with E-state index >= 15 is 0 Å². The lowest BCUT2D eigenvalue weighted by molar-refractivity contribution is -0.385. The van der Waals surface area contributed by atoms with Crippen molar-refractivity contribution in [2.75, 3.05) is 25.0 Å². The number of nitrogens with zero attached hydrogens (tertiary/aromatic N) is 3. The maximum Gasteiger partial charge on any atom is 0.273 e. The number of halogens is 1. The first-order valence-corrected chi connectivity index (χ1v) is 13.9. The lowest BCUT2D eigenvalue weighted by Gasteiger charge is -2.32. The Labute approximate surface area is 237 Å². The average molecular weight is 589 g/mol. The fourth-order valence-corrected chi connectivity index (χ4v) is 5.62. The molecule has 13 heteroatoms. The standard InChI is InChI=1S/C27H29ClN4O7S/c1-18-10-12-22(15-23(18)32(35)36)40(37,38)31(24-14-21(28)11-13-25(24)39-4)17-26(33)30(19(2)27(34)29-3)16-20-8-6-5-7-9-20/h5-15,19H,16-17H2,1-4H3,(H,29,34). The topological polar surface area (TPSA) is 139 Å². The summed E-state index contributed by atoms with van der Waals surface area (Å²) in [5, 5.41) is 14.2. The lowest BCUT2D eigenvalue weighted by Crippen LogP contribution is -2.50. The van der Waals surface area contributed by atoms with Gasteiger partial charge in [0, 0.05) is 30.2 Å². The Morgan fingerprint density at radius 2 is 1.77 bits per heavy atom. The quantitative estimate of drug-likeness (QED) is 0.264. The van der Waals surface area contributed by atoms with Crippen LogP contribution in [0.5, 0.6) is 5.75 Å². The molecule has 0 saturated heterocycles. The van der Waals surface area contributed by atoms with Crippen molar-refractivity contribution < 1.29 is 27.7 Å². The van der Waals surface area contributed by atoms with Crippen molar-refractivity contribution in [1.29, 1.82) is 0 Å². The van der Waals surface area contributed by atoms with Gasteiger partial charge in [0.05, 0.1) is 22.6 Å². The average Bonchev–Trinajstić information content (AvgIpc) is 2.94. The van der Waals surface area contributed by atoms with Crippen molar-refractivity contribution in [3.8, 4) is 5.75 Å². The summed E-state index contributed by atoms with van der Waals surface area (Å²) in [5.74, 6) is -1.06. The van der Waals surface area contributed by atoms with Crippen LogP contribution in [0.2, 0.25) is 5.02 Å². The van der Waals surface area contributed by atoms with Crippen molar-refractivity contribution in [3.05, 3.63) is 93.0 Å². The molecule has 3 aromatic carbocycles. The number of carbonyl (C=O) groups excluding carboxylic acids is 2. The molecule has 0 aliphatic rings. The van der Waals surface area contributed by atoms with E-state index in [0.29, 0.717) is 0 Å². The molecule has 2 amide bonds. The maximum atomic E-state index is 14.0. The van der Waals surface area contributed by atoms with Crippen LogP contribution in [0.25, 0.3) is 0 Å². The Morgan fingerprint density at radius 1 is 1.10 bits per heavy atom. The number of ether oxygens (including phenoxy) is 1. The van der Waals surface area contributed by atoms with Gasteiger partial charge in [-0.25, -0.2) is 8.42 Å². The predicted octanol–water partition coefficient (Wildman–Crippen LogP) is 3.92. The number of amides is 2. The Bertz CT molecular complexity index is 1520. The Kier molecular flexibility index (Phi) is 9.72. The van der Waals surface area contributed by atoms with E-state index in [9.17, 15) is 28.1 Å². The first kappa shape index (κ1) is 30.4. The SMILES string of the molecule is CNC(=O)C(C)N(Cc1ccccc1)C(=O)CN(c1cc(Cl)ccc1OC)S(=O)(=O)c1ccc(C)c([N+](=O)[O-])c1. The van der Waals surface area contributed by atoms with Crippen LogP contribution in [0.1, 0.15) is 18.1 Å². The number of methoxy groups -OCH3 is 1.